The second kappa shape index (κ2) is 11.4. The molecule has 1 unspecified atom stereocenters. The van der Waals surface area contributed by atoms with Crippen LogP contribution < -0.4 is 4.74 Å². The maximum absolute atomic E-state index is 14.8. The minimum atomic E-state index is -1.41. The number of fused-ring (bicyclic) bond motifs is 1. The Morgan fingerprint density at radius 2 is 1.38 bits per heavy atom. The van der Waals surface area contributed by atoms with Crippen LogP contribution in [0.5, 0.6) is 5.75 Å². The molecule has 4 rings (SSSR count). The lowest BCUT2D eigenvalue weighted by atomic mass is 9.89. The van der Waals surface area contributed by atoms with Crippen LogP contribution in [0.15, 0.2) is 87.6 Å². The predicted octanol–water partition coefficient (Wildman–Crippen LogP) is 9.14. The molecule has 0 aromatic heterocycles. The third kappa shape index (κ3) is 5.55. The van der Waals surface area contributed by atoms with Gasteiger partial charge in [-0.25, -0.2) is 4.21 Å². The Kier molecular flexibility index (Phi) is 8.29. The molecule has 0 bridgehead atoms. The normalized spacial score (nSPS) is 12.8. The third-order valence-electron chi connectivity index (χ3n) is 6.79. The monoisotopic (exact) mass is 511 g/mol. The number of hydrogen-bond donors (Lipinski definition) is 0. The van der Waals surface area contributed by atoms with E-state index in [2.05, 4.69) is 71.9 Å². The first kappa shape index (κ1) is 26.8. The molecular formula is C33H37NO2S. The maximum Gasteiger partial charge on any atom is 0.144 e. The number of nitrogens with zero attached hydrogens (tertiary/aromatic N) is 1. The highest BCUT2D eigenvalue weighted by molar-refractivity contribution is 7.85. The van der Waals surface area contributed by atoms with E-state index in [4.69, 9.17) is 9.73 Å². The van der Waals surface area contributed by atoms with E-state index in [0.29, 0.717) is 11.7 Å². The van der Waals surface area contributed by atoms with E-state index in [-0.39, 0.29) is 11.8 Å². The topological polar surface area (TPSA) is 38.7 Å². The zero-order valence-corrected chi connectivity index (χ0v) is 23.7. The minimum absolute atomic E-state index is 0.246. The number of ether oxygens (including phenoxy) is 1. The van der Waals surface area contributed by atoms with Gasteiger partial charge >= 0.3 is 0 Å². The third-order valence-corrected chi connectivity index (χ3v) is 8.46. The van der Waals surface area contributed by atoms with Crippen molar-refractivity contribution in [3.63, 3.8) is 0 Å². The summed E-state index contributed by atoms with van der Waals surface area (Å²) in [5.74, 6) is 1.60. The summed E-state index contributed by atoms with van der Waals surface area (Å²) in [6.07, 6.45) is 1.82. The van der Waals surface area contributed by atoms with Crippen molar-refractivity contribution >= 4 is 33.5 Å². The number of hydrogen-bond acceptors (Lipinski definition) is 3. The van der Waals surface area contributed by atoms with Gasteiger partial charge in [-0.1, -0.05) is 102 Å². The van der Waals surface area contributed by atoms with Gasteiger partial charge in [0.15, 0.2) is 0 Å². The Labute approximate surface area is 224 Å². The van der Waals surface area contributed by atoms with Crippen LogP contribution in [-0.4, -0.2) is 17.5 Å². The SMILES string of the molecule is COc1ccccc1N=Cc1ccc2ccccc2c1S(=O)c1c(C(C)C)cc(C(C)C)cc1C(C)C. The molecule has 0 spiro atoms. The van der Waals surface area contributed by atoms with Gasteiger partial charge in [-0.15, -0.1) is 0 Å². The van der Waals surface area contributed by atoms with Crippen LogP contribution in [0.25, 0.3) is 10.8 Å². The number of para-hydroxylation sites is 2. The van der Waals surface area contributed by atoms with Gasteiger partial charge in [0, 0.05) is 11.8 Å². The first-order chi connectivity index (χ1) is 17.7. The van der Waals surface area contributed by atoms with E-state index in [1.54, 1.807) is 7.11 Å². The summed E-state index contributed by atoms with van der Waals surface area (Å²) in [5, 5.41) is 2.05. The molecule has 0 fully saturated rings. The quantitative estimate of drug-likeness (QED) is 0.221. The predicted molar refractivity (Wildman–Crippen MR) is 158 cm³/mol. The number of methoxy groups -OCH3 is 1. The number of rotatable bonds is 8. The second-order valence-corrected chi connectivity index (χ2v) is 11.8. The summed E-state index contributed by atoms with van der Waals surface area (Å²) in [7, 11) is 0.239. The van der Waals surface area contributed by atoms with Crippen molar-refractivity contribution in [1.29, 1.82) is 0 Å². The Hall–Kier alpha value is -3.24. The highest BCUT2D eigenvalue weighted by Gasteiger charge is 2.25. The summed E-state index contributed by atoms with van der Waals surface area (Å²) in [4.78, 5) is 6.50. The number of benzene rings is 4. The smallest absolute Gasteiger partial charge is 0.144 e. The van der Waals surface area contributed by atoms with Crippen molar-refractivity contribution in [2.24, 2.45) is 4.99 Å². The van der Waals surface area contributed by atoms with E-state index in [1.807, 2.05) is 48.7 Å². The van der Waals surface area contributed by atoms with Crippen LogP contribution in [0.2, 0.25) is 0 Å². The first-order valence-electron chi connectivity index (χ1n) is 13.0. The molecule has 0 N–H and O–H groups in total. The van der Waals surface area contributed by atoms with Crippen molar-refractivity contribution in [3.8, 4) is 5.75 Å². The molecule has 4 aromatic carbocycles. The molecule has 0 saturated carbocycles. The maximum atomic E-state index is 14.8. The highest BCUT2D eigenvalue weighted by atomic mass is 32.2. The highest BCUT2D eigenvalue weighted by Crippen LogP contribution is 2.39. The molecule has 1 atom stereocenters. The summed E-state index contributed by atoms with van der Waals surface area (Å²) in [6.45, 7) is 13.2. The van der Waals surface area contributed by atoms with Crippen molar-refractivity contribution in [2.45, 2.75) is 69.1 Å². The van der Waals surface area contributed by atoms with E-state index in [9.17, 15) is 4.21 Å². The molecule has 192 valence electrons. The van der Waals surface area contributed by atoms with Crippen molar-refractivity contribution in [3.05, 3.63) is 95.1 Å². The fraction of sp³-hybridized carbons (Fsp3) is 0.303. The minimum Gasteiger partial charge on any atom is -0.494 e. The molecule has 37 heavy (non-hydrogen) atoms. The molecule has 0 saturated heterocycles. The number of aliphatic imine (C=N–C) groups is 1. The zero-order valence-electron chi connectivity index (χ0n) is 22.9. The average molecular weight is 512 g/mol. The van der Waals surface area contributed by atoms with Gasteiger partial charge < -0.3 is 4.74 Å². The van der Waals surface area contributed by atoms with Gasteiger partial charge in [0.25, 0.3) is 0 Å². The van der Waals surface area contributed by atoms with Gasteiger partial charge in [0.2, 0.25) is 0 Å². The molecule has 0 aliphatic rings. The van der Waals surface area contributed by atoms with Gasteiger partial charge in [-0.2, -0.15) is 0 Å². The molecule has 0 aliphatic carbocycles. The lowest BCUT2D eigenvalue weighted by Gasteiger charge is -2.23. The van der Waals surface area contributed by atoms with Crippen LogP contribution >= 0.6 is 0 Å². The first-order valence-corrected chi connectivity index (χ1v) is 14.2. The second-order valence-electron chi connectivity index (χ2n) is 10.4. The van der Waals surface area contributed by atoms with E-state index >= 15 is 0 Å². The van der Waals surface area contributed by atoms with E-state index < -0.39 is 10.8 Å². The Morgan fingerprint density at radius 1 is 0.757 bits per heavy atom. The van der Waals surface area contributed by atoms with E-state index in [0.717, 1.165) is 42.9 Å². The van der Waals surface area contributed by atoms with Crippen LogP contribution in [0.3, 0.4) is 0 Å². The van der Waals surface area contributed by atoms with Crippen molar-refractivity contribution in [2.75, 3.05) is 7.11 Å². The molecule has 0 radical (unpaired) electrons. The molecule has 4 aromatic rings. The van der Waals surface area contributed by atoms with Gasteiger partial charge in [0.1, 0.15) is 11.4 Å². The summed E-state index contributed by atoms with van der Waals surface area (Å²) < 4.78 is 20.3. The molecule has 0 amide bonds. The zero-order chi connectivity index (χ0) is 26.7. The molecule has 0 heterocycles. The molecule has 3 nitrogen and oxygen atoms in total. The fourth-order valence-corrected chi connectivity index (χ4v) is 6.59. The van der Waals surface area contributed by atoms with Crippen LogP contribution in [0, 0.1) is 0 Å². The lowest BCUT2D eigenvalue weighted by Crippen LogP contribution is -2.10. The lowest BCUT2D eigenvalue weighted by molar-refractivity contribution is 0.416. The largest absolute Gasteiger partial charge is 0.494 e. The molecular weight excluding hydrogens is 474 g/mol. The Balaban J connectivity index is 1.99. The fourth-order valence-electron chi connectivity index (χ4n) is 4.65. The molecule has 4 heteroatoms. The summed E-state index contributed by atoms with van der Waals surface area (Å²) >= 11 is 0. The summed E-state index contributed by atoms with van der Waals surface area (Å²) in [5.41, 5.74) is 5.20. The van der Waals surface area contributed by atoms with Gasteiger partial charge in [0.05, 0.1) is 27.7 Å². The van der Waals surface area contributed by atoms with Crippen LogP contribution in [-0.2, 0) is 10.8 Å². The van der Waals surface area contributed by atoms with Gasteiger partial charge in [-0.05, 0) is 57.3 Å². The summed E-state index contributed by atoms with van der Waals surface area (Å²) in [6, 6.07) is 24.5. The van der Waals surface area contributed by atoms with Crippen molar-refractivity contribution in [1.82, 2.24) is 0 Å². The average Bonchev–Trinajstić information content (AvgIpc) is 2.90. The van der Waals surface area contributed by atoms with E-state index in [1.165, 1.54) is 5.56 Å². The van der Waals surface area contributed by atoms with Gasteiger partial charge in [-0.3, -0.25) is 4.99 Å². The standard InChI is InChI=1S/C33H37NO2S/c1-21(2)26-18-28(22(3)4)33(29(19-26)23(5)6)37(35)32-25(17-16-24-12-8-9-13-27(24)32)20-34-30-14-10-11-15-31(30)36-7/h8-23H,1-7H3. The Morgan fingerprint density at radius 3 is 2.00 bits per heavy atom. The Bertz CT molecular complexity index is 1440. The van der Waals surface area contributed by atoms with Crippen molar-refractivity contribution < 1.29 is 8.95 Å². The molecule has 0 aliphatic heterocycles. The van der Waals surface area contributed by atoms with Crippen LogP contribution in [0.4, 0.5) is 5.69 Å². The van der Waals surface area contributed by atoms with Crippen LogP contribution in [0.1, 0.15) is 81.5 Å².